The van der Waals surface area contributed by atoms with Crippen molar-refractivity contribution in [3.8, 4) is 0 Å². The molecule has 1 N–H and O–H groups in total. The van der Waals surface area contributed by atoms with Crippen LogP contribution in [0.15, 0.2) is 18.2 Å². The van der Waals surface area contributed by atoms with Crippen molar-refractivity contribution in [1.82, 2.24) is 5.32 Å². The van der Waals surface area contributed by atoms with E-state index in [0.717, 1.165) is 13.0 Å². The Labute approximate surface area is 102 Å². The van der Waals surface area contributed by atoms with Crippen LogP contribution in [0, 0.1) is 5.82 Å². The molecule has 2 atom stereocenters. The largest absolute Gasteiger partial charge is 0.369 e. The Morgan fingerprint density at radius 2 is 2.18 bits per heavy atom. The van der Waals surface area contributed by atoms with Gasteiger partial charge >= 0.3 is 0 Å². The zero-order chi connectivity index (χ0) is 12.2. The molecule has 0 aromatic heterocycles. The lowest BCUT2D eigenvalue weighted by molar-refractivity contribution is 0.237. The molecule has 0 saturated carbocycles. The molecule has 2 aliphatic rings. The summed E-state index contributed by atoms with van der Waals surface area (Å²) in [6.45, 7) is 5.49. The Balaban J connectivity index is 2.10. The molecule has 0 spiro atoms. The van der Waals surface area contributed by atoms with Gasteiger partial charge in [0, 0.05) is 24.2 Å². The van der Waals surface area contributed by atoms with Crippen molar-refractivity contribution in [2.45, 2.75) is 37.8 Å². The first kappa shape index (κ1) is 11.0. The first-order chi connectivity index (χ1) is 8.00. The lowest BCUT2D eigenvalue weighted by Crippen LogP contribution is -2.60. The van der Waals surface area contributed by atoms with Crippen LogP contribution in [0.2, 0.25) is 0 Å². The van der Waals surface area contributed by atoms with Crippen LogP contribution in [0.25, 0.3) is 0 Å². The first-order valence-electron chi connectivity index (χ1n) is 6.28. The van der Waals surface area contributed by atoms with Crippen LogP contribution in [0.4, 0.5) is 10.1 Å². The highest BCUT2D eigenvalue weighted by Crippen LogP contribution is 2.47. The maximum absolute atomic E-state index is 13.4. The summed E-state index contributed by atoms with van der Waals surface area (Å²) < 4.78 is 13.4. The number of rotatable bonds is 0. The third kappa shape index (κ3) is 1.48. The van der Waals surface area contributed by atoms with Crippen molar-refractivity contribution < 1.29 is 4.39 Å². The van der Waals surface area contributed by atoms with Gasteiger partial charge in [-0.3, -0.25) is 0 Å². The molecule has 2 unspecified atom stereocenters. The predicted molar refractivity (Wildman–Crippen MR) is 68.0 cm³/mol. The minimum atomic E-state index is -0.117. The summed E-state index contributed by atoms with van der Waals surface area (Å²) in [5.41, 5.74) is 2.46. The first-order valence-corrected chi connectivity index (χ1v) is 6.28. The van der Waals surface area contributed by atoms with Crippen LogP contribution >= 0.6 is 0 Å². The third-order valence-electron chi connectivity index (χ3n) is 4.34. The number of hydrogen-bond donors (Lipinski definition) is 1. The second-order valence-electron chi connectivity index (χ2n) is 5.80. The smallest absolute Gasteiger partial charge is 0.123 e. The fourth-order valence-corrected chi connectivity index (χ4v) is 3.69. The fraction of sp³-hybridized carbons (Fsp3) is 0.571. The molecule has 0 radical (unpaired) electrons. The normalized spacial score (nSPS) is 30.0. The van der Waals surface area contributed by atoms with Gasteiger partial charge < -0.3 is 10.2 Å². The van der Waals surface area contributed by atoms with Gasteiger partial charge in [0.25, 0.3) is 0 Å². The lowest BCUT2D eigenvalue weighted by atomic mass is 9.78. The summed E-state index contributed by atoms with van der Waals surface area (Å²) in [4.78, 5) is 2.31. The van der Waals surface area contributed by atoms with E-state index in [4.69, 9.17) is 0 Å². The highest BCUT2D eigenvalue weighted by atomic mass is 19.1. The Kier molecular flexibility index (Phi) is 2.24. The molecule has 2 aliphatic heterocycles. The lowest BCUT2D eigenvalue weighted by Gasteiger charge is -2.45. The molecule has 2 nitrogen and oxygen atoms in total. The van der Waals surface area contributed by atoms with Crippen LogP contribution < -0.4 is 10.2 Å². The monoisotopic (exact) mass is 234 g/mol. The van der Waals surface area contributed by atoms with E-state index in [9.17, 15) is 4.39 Å². The molecule has 1 saturated heterocycles. The molecular weight excluding hydrogens is 215 g/mol. The van der Waals surface area contributed by atoms with E-state index in [-0.39, 0.29) is 11.4 Å². The van der Waals surface area contributed by atoms with Crippen molar-refractivity contribution >= 4 is 5.69 Å². The molecule has 2 heterocycles. The summed E-state index contributed by atoms with van der Waals surface area (Å²) in [5.74, 6) is 0.344. The Morgan fingerprint density at radius 3 is 2.94 bits per heavy atom. The average Bonchev–Trinajstić information content (AvgIpc) is 2.53. The van der Waals surface area contributed by atoms with E-state index in [1.165, 1.54) is 11.3 Å². The van der Waals surface area contributed by atoms with Gasteiger partial charge in [-0.1, -0.05) is 0 Å². The average molecular weight is 234 g/mol. The van der Waals surface area contributed by atoms with Gasteiger partial charge in [0.05, 0.1) is 6.04 Å². The summed E-state index contributed by atoms with van der Waals surface area (Å²) in [7, 11) is 2.12. The highest BCUT2D eigenvalue weighted by Gasteiger charge is 2.47. The number of benzene rings is 1. The van der Waals surface area contributed by atoms with Gasteiger partial charge in [0.2, 0.25) is 0 Å². The standard InChI is InChI=1S/C14H19FN2/c1-14(2)13-10(6-7-16-14)11-8-9(15)4-5-12(11)17(13)3/h4-5,8,10,13,16H,6-7H2,1-3H3. The fourth-order valence-electron chi connectivity index (χ4n) is 3.69. The SMILES string of the molecule is CN1c2ccc(F)cc2C2CCNC(C)(C)C21. The third-order valence-corrected chi connectivity index (χ3v) is 4.34. The van der Waals surface area contributed by atoms with E-state index in [1.54, 1.807) is 12.1 Å². The molecule has 0 bridgehead atoms. The number of likely N-dealkylation sites (N-methyl/N-ethyl adjacent to an activating group) is 1. The molecule has 92 valence electrons. The number of nitrogens with one attached hydrogen (secondary N) is 1. The Hall–Kier alpha value is -1.09. The van der Waals surface area contributed by atoms with Crippen molar-refractivity contribution in [2.24, 2.45) is 0 Å². The van der Waals surface area contributed by atoms with Gasteiger partial charge in [-0.25, -0.2) is 4.39 Å². The van der Waals surface area contributed by atoms with Crippen LogP contribution in [0.5, 0.6) is 0 Å². The maximum atomic E-state index is 13.4. The number of fused-ring (bicyclic) bond motifs is 3. The second kappa shape index (κ2) is 3.45. The molecule has 1 fully saturated rings. The van der Waals surface area contributed by atoms with Crippen molar-refractivity contribution in [3.63, 3.8) is 0 Å². The molecule has 0 aliphatic carbocycles. The molecule has 3 heteroatoms. The van der Waals surface area contributed by atoms with Crippen LogP contribution in [-0.4, -0.2) is 25.2 Å². The molecule has 0 amide bonds. The molecule has 1 aromatic rings. The quantitative estimate of drug-likeness (QED) is 0.742. The zero-order valence-corrected chi connectivity index (χ0v) is 10.6. The molecule has 17 heavy (non-hydrogen) atoms. The highest BCUT2D eigenvalue weighted by molar-refractivity contribution is 5.62. The van der Waals surface area contributed by atoms with Crippen LogP contribution in [0.3, 0.4) is 0 Å². The molecular formula is C14H19FN2. The summed E-state index contributed by atoms with van der Waals surface area (Å²) in [5, 5.41) is 3.57. The Bertz CT molecular complexity index is 456. The summed E-state index contributed by atoms with van der Waals surface area (Å²) in [6, 6.07) is 5.62. The zero-order valence-electron chi connectivity index (χ0n) is 10.6. The van der Waals surface area contributed by atoms with Gasteiger partial charge in [-0.2, -0.15) is 0 Å². The number of halogens is 1. The van der Waals surface area contributed by atoms with Gasteiger partial charge in [-0.05, 0) is 50.6 Å². The molecule has 3 rings (SSSR count). The predicted octanol–water partition coefficient (Wildman–Crippen LogP) is 2.50. The Morgan fingerprint density at radius 1 is 1.41 bits per heavy atom. The number of anilines is 1. The molecule has 1 aromatic carbocycles. The number of nitrogens with zero attached hydrogens (tertiary/aromatic N) is 1. The van der Waals surface area contributed by atoms with E-state index in [2.05, 4.69) is 31.1 Å². The number of piperidine rings is 1. The minimum absolute atomic E-state index is 0.0766. The topological polar surface area (TPSA) is 15.3 Å². The van der Waals surface area contributed by atoms with E-state index < -0.39 is 0 Å². The van der Waals surface area contributed by atoms with E-state index >= 15 is 0 Å². The second-order valence-corrected chi connectivity index (χ2v) is 5.80. The van der Waals surface area contributed by atoms with Crippen molar-refractivity contribution in [2.75, 3.05) is 18.5 Å². The number of hydrogen-bond acceptors (Lipinski definition) is 2. The minimum Gasteiger partial charge on any atom is -0.369 e. The van der Waals surface area contributed by atoms with Gasteiger partial charge in [-0.15, -0.1) is 0 Å². The summed E-state index contributed by atoms with van der Waals surface area (Å²) in [6.07, 6.45) is 1.09. The maximum Gasteiger partial charge on any atom is 0.123 e. The van der Waals surface area contributed by atoms with Crippen LogP contribution in [-0.2, 0) is 0 Å². The summed E-state index contributed by atoms with van der Waals surface area (Å²) >= 11 is 0. The van der Waals surface area contributed by atoms with Gasteiger partial charge in [0.1, 0.15) is 5.82 Å². The van der Waals surface area contributed by atoms with Crippen molar-refractivity contribution in [3.05, 3.63) is 29.6 Å². The van der Waals surface area contributed by atoms with Gasteiger partial charge in [0.15, 0.2) is 0 Å². The van der Waals surface area contributed by atoms with Crippen LogP contribution in [0.1, 0.15) is 31.7 Å². The van der Waals surface area contributed by atoms with E-state index in [1.807, 2.05) is 6.07 Å². The van der Waals surface area contributed by atoms with Crippen molar-refractivity contribution in [1.29, 1.82) is 0 Å². The van der Waals surface area contributed by atoms with E-state index in [0.29, 0.717) is 12.0 Å².